The molecule has 0 bridgehead atoms. The standard InChI is InChI=1S/C22H26O2/c1-13-17-9-7-15(11-19(17)23-21(13,3)4)16-8-10-18-14(2)22(5,6)24-20(18)12-16/h7-14H,1-6H3/t13-,14-/m1/s1. The second-order valence-electron chi connectivity index (χ2n) is 8.36. The Hall–Kier alpha value is -1.96. The quantitative estimate of drug-likeness (QED) is 0.650. The van der Waals surface area contributed by atoms with Gasteiger partial charge in [-0.25, -0.2) is 0 Å². The highest BCUT2D eigenvalue weighted by Gasteiger charge is 2.39. The normalized spacial score (nSPS) is 25.6. The van der Waals surface area contributed by atoms with E-state index in [1.807, 2.05) is 0 Å². The predicted octanol–water partition coefficient (Wildman–Crippen LogP) is 5.90. The molecule has 126 valence electrons. The smallest absolute Gasteiger partial charge is 0.124 e. The molecular weight excluding hydrogens is 296 g/mol. The Bertz CT molecular complexity index is 747. The molecule has 2 aromatic rings. The van der Waals surface area contributed by atoms with E-state index in [2.05, 4.69) is 77.9 Å². The van der Waals surface area contributed by atoms with Gasteiger partial charge in [-0.05, 0) is 51.0 Å². The van der Waals surface area contributed by atoms with Gasteiger partial charge in [-0.15, -0.1) is 0 Å². The van der Waals surface area contributed by atoms with Crippen LogP contribution in [0.3, 0.4) is 0 Å². The van der Waals surface area contributed by atoms with E-state index in [9.17, 15) is 0 Å². The van der Waals surface area contributed by atoms with Crippen LogP contribution in [-0.2, 0) is 0 Å². The van der Waals surface area contributed by atoms with Crippen molar-refractivity contribution < 1.29 is 9.47 Å². The summed E-state index contributed by atoms with van der Waals surface area (Å²) in [4.78, 5) is 0. The third kappa shape index (κ3) is 2.16. The second kappa shape index (κ2) is 4.78. The van der Waals surface area contributed by atoms with Gasteiger partial charge in [0.15, 0.2) is 0 Å². The minimum atomic E-state index is -0.137. The first-order chi connectivity index (χ1) is 11.2. The van der Waals surface area contributed by atoms with E-state index in [0.29, 0.717) is 11.8 Å². The number of benzene rings is 2. The van der Waals surface area contributed by atoms with Crippen LogP contribution in [-0.4, -0.2) is 11.2 Å². The lowest BCUT2D eigenvalue weighted by atomic mass is 9.87. The molecule has 4 rings (SSSR count). The SMILES string of the molecule is C[C@@H]1c2ccc(-c3ccc4c(c3)OC(C)(C)[C@@H]4C)cc2OC1(C)C. The van der Waals surface area contributed by atoms with Crippen LogP contribution in [0.4, 0.5) is 0 Å². The van der Waals surface area contributed by atoms with Crippen LogP contribution in [0, 0.1) is 0 Å². The summed E-state index contributed by atoms with van der Waals surface area (Å²) in [5.41, 5.74) is 4.69. The van der Waals surface area contributed by atoms with Gasteiger partial charge in [-0.3, -0.25) is 0 Å². The molecule has 0 N–H and O–H groups in total. The third-order valence-electron chi connectivity index (χ3n) is 6.13. The Balaban J connectivity index is 1.73. The summed E-state index contributed by atoms with van der Waals surface area (Å²) in [5.74, 6) is 2.85. The van der Waals surface area contributed by atoms with Crippen LogP contribution in [0.15, 0.2) is 36.4 Å². The number of fused-ring (bicyclic) bond motifs is 2. The maximum atomic E-state index is 6.18. The molecular formula is C22H26O2. The zero-order chi connectivity index (χ0) is 17.3. The van der Waals surface area contributed by atoms with Crippen molar-refractivity contribution in [1.29, 1.82) is 0 Å². The molecule has 24 heavy (non-hydrogen) atoms. The molecule has 2 heterocycles. The molecule has 2 nitrogen and oxygen atoms in total. The van der Waals surface area contributed by atoms with Gasteiger partial charge in [0, 0.05) is 23.0 Å². The van der Waals surface area contributed by atoms with E-state index in [1.165, 1.54) is 22.3 Å². The molecule has 2 aliphatic rings. The Morgan fingerprint density at radius 1 is 0.667 bits per heavy atom. The highest BCUT2D eigenvalue weighted by Crippen LogP contribution is 2.48. The molecule has 0 fully saturated rings. The van der Waals surface area contributed by atoms with E-state index in [4.69, 9.17) is 9.47 Å². The van der Waals surface area contributed by atoms with Gasteiger partial charge in [0.2, 0.25) is 0 Å². The van der Waals surface area contributed by atoms with Crippen LogP contribution in [0.5, 0.6) is 11.5 Å². The molecule has 2 atom stereocenters. The summed E-state index contributed by atoms with van der Waals surface area (Å²) in [6.45, 7) is 13.1. The van der Waals surface area contributed by atoms with E-state index < -0.39 is 0 Å². The van der Waals surface area contributed by atoms with Gasteiger partial charge in [-0.1, -0.05) is 38.1 Å². The number of rotatable bonds is 1. The van der Waals surface area contributed by atoms with Crippen molar-refractivity contribution in [2.45, 2.75) is 64.6 Å². The Kier molecular flexibility index (Phi) is 3.10. The lowest BCUT2D eigenvalue weighted by Gasteiger charge is -2.23. The van der Waals surface area contributed by atoms with Gasteiger partial charge < -0.3 is 9.47 Å². The van der Waals surface area contributed by atoms with Gasteiger partial charge >= 0.3 is 0 Å². The molecule has 0 spiro atoms. The summed E-state index contributed by atoms with van der Waals surface area (Å²) in [5, 5.41) is 0. The molecule has 0 aliphatic carbocycles. The van der Waals surface area contributed by atoms with Crippen molar-refractivity contribution in [2.24, 2.45) is 0 Å². The summed E-state index contributed by atoms with van der Waals surface area (Å²) >= 11 is 0. The van der Waals surface area contributed by atoms with Crippen molar-refractivity contribution in [3.05, 3.63) is 47.5 Å². The summed E-state index contributed by atoms with van der Waals surface area (Å²) in [6.07, 6.45) is 0. The number of hydrogen-bond donors (Lipinski definition) is 0. The van der Waals surface area contributed by atoms with Crippen LogP contribution < -0.4 is 9.47 Å². The zero-order valence-corrected chi connectivity index (χ0v) is 15.4. The average molecular weight is 322 g/mol. The highest BCUT2D eigenvalue weighted by atomic mass is 16.5. The Labute approximate surface area is 144 Å². The first kappa shape index (κ1) is 15.6. The second-order valence-corrected chi connectivity index (χ2v) is 8.36. The fraction of sp³-hybridized carbons (Fsp3) is 0.455. The first-order valence-electron chi connectivity index (χ1n) is 8.85. The highest BCUT2D eigenvalue weighted by molar-refractivity contribution is 5.70. The fourth-order valence-corrected chi connectivity index (χ4v) is 3.81. The summed E-state index contributed by atoms with van der Waals surface area (Å²) in [6, 6.07) is 13.2. The minimum absolute atomic E-state index is 0.137. The van der Waals surface area contributed by atoms with Crippen molar-refractivity contribution >= 4 is 0 Å². The van der Waals surface area contributed by atoms with E-state index in [1.54, 1.807) is 0 Å². The van der Waals surface area contributed by atoms with Crippen molar-refractivity contribution in [3.8, 4) is 22.6 Å². The minimum Gasteiger partial charge on any atom is -0.487 e. The maximum absolute atomic E-state index is 6.18. The third-order valence-corrected chi connectivity index (χ3v) is 6.13. The van der Waals surface area contributed by atoms with Gasteiger partial charge in [0.1, 0.15) is 22.7 Å². The topological polar surface area (TPSA) is 18.5 Å². The van der Waals surface area contributed by atoms with Crippen molar-refractivity contribution in [3.63, 3.8) is 0 Å². The van der Waals surface area contributed by atoms with Gasteiger partial charge in [-0.2, -0.15) is 0 Å². The molecule has 0 aromatic heterocycles. The average Bonchev–Trinajstić information content (AvgIpc) is 2.88. The zero-order valence-electron chi connectivity index (χ0n) is 15.4. The fourth-order valence-electron chi connectivity index (χ4n) is 3.81. The lowest BCUT2D eigenvalue weighted by molar-refractivity contribution is 0.115. The molecule has 0 saturated heterocycles. The van der Waals surface area contributed by atoms with Crippen molar-refractivity contribution in [2.75, 3.05) is 0 Å². The van der Waals surface area contributed by atoms with E-state index in [-0.39, 0.29) is 11.2 Å². The molecule has 2 heteroatoms. The number of ether oxygens (including phenoxy) is 2. The first-order valence-corrected chi connectivity index (χ1v) is 8.85. The molecule has 2 aliphatic heterocycles. The largest absolute Gasteiger partial charge is 0.487 e. The van der Waals surface area contributed by atoms with E-state index >= 15 is 0 Å². The van der Waals surface area contributed by atoms with Crippen LogP contribution in [0.2, 0.25) is 0 Å². The maximum Gasteiger partial charge on any atom is 0.124 e. The molecule has 0 saturated carbocycles. The lowest BCUT2D eigenvalue weighted by Crippen LogP contribution is -2.28. The summed E-state index contributed by atoms with van der Waals surface area (Å²) < 4.78 is 12.4. The van der Waals surface area contributed by atoms with Crippen LogP contribution in [0.25, 0.3) is 11.1 Å². The molecule has 0 amide bonds. The van der Waals surface area contributed by atoms with E-state index in [0.717, 1.165) is 11.5 Å². The summed E-state index contributed by atoms with van der Waals surface area (Å²) in [7, 11) is 0. The van der Waals surface area contributed by atoms with Crippen LogP contribution >= 0.6 is 0 Å². The van der Waals surface area contributed by atoms with Gasteiger partial charge in [0.05, 0.1) is 0 Å². The van der Waals surface area contributed by atoms with Gasteiger partial charge in [0.25, 0.3) is 0 Å². The molecule has 0 unspecified atom stereocenters. The van der Waals surface area contributed by atoms with Crippen molar-refractivity contribution in [1.82, 2.24) is 0 Å². The van der Waals surface area contributed by atoms with Crippen LogP contribution in [0.1, 0.15) is 64.5 Å². The number of hydrogen-bond acceptors (Lipinski definition) is 2. The predicted molar refractivity (Wildman–Crippen MR) is 98.1 cm³/mol. The molecule has 2 aromatic carbocycles. The molecule has 0 radical (unpaired) electrons. The Morgan fingerprint density at radius 2 is 1.04 bits per heavy atom. The monoisotopic (exact) mass is 322 g/mol. The Morgan fingerprint density at radius 3 is 1.42 bits per heavy atom.